The monoisotopic (exact) mass is 247 g/mol. The molecule has 0 saturated carbocycles. The summed E-state index contributed by atoms with van der Waals surface area (Å²) in [5.41, 5.74) is 9.08. The van der Waals surface area contributed by atoms with E-state index in [1.165, 1.54) is 0 Å². The van der Waals surface area contributed by atoms with Crippen LogP contribution in [0, 0.1) is 6.92 Å². The third-order valence-corrected chi connectivity index (χ3v) is 3.14. The Bertz CT molecular complexity index is 550. The van der Waals surface area contributed by atoms with Gasteiger partial charge in [-0.15, -0.1) is 0 Å². The van der Waals surface area contributed by atoms with Gasteiger partial charge in [-0.3, -0.25) is 4.68 Å². The number of nitrogens with two attached hydrogens (primary N) is 1. The number of hydrogen-bond donors (Lipinski definition) is 1. The largest absolute Gasteiger partial charge is 0.383 e. The molecule has 2 rings (SSSR count). The van der Waals surface area contributed by atoms with Crippen LogP contribution in [0.5, 0.6) is 0 Å². The molecule has 0 bridgehead atoms. The average Bonchev–Trinajstić information content (AvgIpc) is 2.80. The second-order valence-electron chi connectivity index (χ2n) is 4.56. The first-order valence-electron chi connectivity index (χ1n) is 6.43. The van der Waals surface area contributed by atoms with Crippen LogP contribution in [0.15, 0.2) is 6.20 Å². The molecule has 2 N–H and O–H groups in total. The highest BCUT2D eigenvalue weighted by Crippen LogP contribution is 2.28. The second-order valence-corrected chi connectivity index (χ2v) is 4.56. The molecule has 0 amide bonds. The van der Waals surface area contributed by atoms with Gasteiger partial charge in [-0.25, -0.2) is 4.98 Å². The van der Waals surface area contributed by atoms with Gasteiger partial charge in [-0.05, 0) is 20.3 Å². The maximum Gasteiger partial charge on any atom is 0.131 e. The van der Waals surface area contributed by atoms with E-state index in [0.717, 1.165) is 48.0 Å². The molecule has 2 aromatic heterocycles. The quantitative estimate of drug-likeness (QED) is 0.900. The Labute approximate surface area is 108 Å². The Kier molecular flexibility index (Phi) is 3.41. The summed E-state index contributed by atoms with van der Waals surface area (Å²) in [4.78, 5) is 4.70. The molecule has 0 aliphatic carbocycles. The summed E-state index contributed by atoms with van der Waals surface area (Å²) in [5, 5.41) is 4.35. The van der Waals surface area contributed by atoms with Gasteiger partial charge in [0, 0.05) is 31.8 Å². The molecule has 18 heavy (non-hydrogen) atoms. The zero-order valence-electron chi connectivity index (χ0n) is 11.6. The topological polar surface area (TPSA) is 61.7 Å². The van der Waals surface area contributed by atoms with Crippen LogP contribution >= 0.6 is 0 Å². The Morgan fingerprint density at radius 1 is 1.33 bits per heavy atom. The van der Waals surface area contributed by atoms with Gasteiger partial charge in [-0.1, -0.05) is 6.92 Å². The number of aryl methyl sites for hydroxylation is 3. The summed E-state index contributed by atoms with van der Waals surface area (Å²) in [6.07, 6.45) is 4.00. The van der Waals surface area contributed by atoms with Crippen LogP contribution in [-0.2, 0) is 20.0 Å². The third-order valence-electron chi connectivity index (χ3n) is 3.14. The van der Waals surface area contributed by atoms with Gasteiger partial charge in [0.25, 0.3) is 0 Å². The van der Waals surface area contributed by atoms with Gasteiger partial charge in [0.1, 0.15) is 17.3 Å². The summed E-state index contributed by atoms with van der Waals surface area (Å²) in [6.45, 7) is 7.09. The van der Waals surface area contributed by atoms with Gasteiger partial charge in [0.2, 0.25) is 0 Å². The minimum Gasteiger partial charge on any atom is -0.383 e. The first-order chi connectivity index (χ1) is 8.58. The van der Waals surface area contributed by atoms with E-state index in [2.05, 4.69) is 23.5 Å². The van der Waals surface area contributed by atoms with E-state index < -0.39 is 0 Å². The minimum atomic E-state index is 0.747. The van der Waals surface area contributed by atoms with E-state index in [4.69, 9.17) is 10.7 Å². The molecule has 0 aromatic carbocycles. The zero-order valence-corrected chi connectivity index (χ0v) is 11.6. The van der Waals surface area contributed by atoms with Gasteiger partial charge in [-0.2, -0.15) is 5.10 Å². The van der Waals surface area contributed by atoms with Crippen molar-refractivity contribution in [1.82, 2.24) is 19.3 Å². The Morgan fingerprint density at radius 3 is 2.56 bits per heavy atom. The summed E-state index contributed by atoms with van der Waals surface area (Å²) >= 11 is 0. The van der Waals surface area contributed by atoms with Gasteiger partial charge >= 0.3 is 0 Å². The molecule has 98 valence electrons. The molecule has 0 aliphatic heterocycles. The minimum absolute atomic E-state index is 0.747. The van der Waals surface area contributed by atoms with E-state index in [1.807, 2.05) is 20.2 Å². The number of rotatable bonds is 4. The van der Waals surface area contributed by atoms with Crippen molar-refractivity contribution in [3.63, 3.8) is 0 Å². The predicted molar refractivity (Wildman–Crippen MR) is 73.2 cm³/mol. The van der Waals surface area contributed by atoms with Gasteiger partial charge in [0.05, 0.1) is 5.69 Å². The Balaban J connectivity index is 2.54. The number of imidazole rings is 1. The zero-order chi connectivity index (χ0) is 13.3. The maximum absolute atomic E-state index is 6.22. The van der Waals surface area contributed by atoms with Crippen molar-refractivity contribution in [2.75, 3.05) is 5.73 Å². The van der Waals surface area contributed by atoms with Crippen molar-refractivity contribution >= 4 is 5.82 Å². The smallest absolute Gasteiger partial charge is 0.131 e. The van der Waals surface area contributed by atoms with Crippen molar-refractivity contribution in [2.24, 2.45) is 7.05 Å². The lowest BCUT2D eigenvalue weighted by atomic mass is 10.2. The number of nitrogens with zero attached hydrogens (tertiary/aromatic N) is 4. The first kappa shape index (κ1) is 12.7. The van der Waals surface area contributed by atoms with Crippen molar-refractivity contribution in [1.29, 1.82) is 0 Å². The van der Waals surface area contributed by atoms with E-state index >= 15 is 0 Å². The summed E-state index contributed by atoms with van der Waals surface area (Å²) in [7, 11) is 1.91. The Hall–Kier alpha value is -1.78. The highest BCUT2D eigenvalue weighted by atomic mass is 15.3. The molecule has 5 heteroatoms. The van der Waals surface area contributed by atoms with Crippen LogP contribution in [0.4, 0.5) is 5.82 Å². The molecular formula is C13H21N5. The predicted octanol–water partition coefficient (Wildman–Crippen LogP) is 2.15. The van der Waals surface area contributed by atoms with Crippen molar-refractivity contribution < 1.29 is 0 Å². The van der Waals surface area contributed by atoms with E-state index in [0.29, 0.717) is 0 Å². The molecule has 2 heterocycles. The van der Waals surface area contributed by atoms with Crippen molar-refractivity contribution in [3.05, 3.63) is 17.7 Å². The van der Waals surface area contributed by atoms with Crippen molar-refractivity contribution in [3.8, 4) is 11.3 Å². The second kappa shape index (κ2) is 4.84. The molecule has 0 fully saturated rings. The van der Waals surface area contributed by atoms with Crippen LogP contribution in [0.2, 0.25) is 0 Å². The lowest BCUT2D eigenvalue weighted by molar-refractivity contribution is 0.690. The molecule has 0 radical (unpaired) electrons. The normalized spacial score (nSPS) is 11.1. The Morgan fingerprint density at radius 2 is 2.06 bits per heavy atom. The van der Waals surface area contributed by atoms with Gasteiger partial charge < -0.3 is 10.3 Å². The fourth-order valence-corrected chi connectivity index (χ4v) is 2.31. The third kappa shape index (κ3) is 2.00. The lowest BCUT2D eigenvalue weighted by Gasteiger charge is -2.05. The van der Waals surface area contributed by atoms with Crippen molar-refractivity contribution in [2.45, 2.75) is 40.2 Å². The maximum atomic E-state index is 6.22. The first-order valence-corrected chi connectivity index (χ1v) is 6.43. The molecule has 0 aliphatic rings. The van der Waals surface area contributed by atoms with Crippen LogP contribution in [0.3, 0.4) is 0 Å². The molecule has 2 aromatic rings. The highest BCUT2D eigenvalue weighted by molar-refractivity contribution is 5.72. The standard InChI is InChI=1S/C13H21N5/c1-5-7-11-15-12(13(14)18(11)6-2)10-8-17(4)16-9(10)3/h8H,5-7,14H2,1-4H3. The van der Waals surface area contributed by atoms with Crippen LogP contribution in [0.1, 0.15) is 31.8 Å². The van der Waals surface area contributed by atoms with Crippen LogP contribution in [-0.4, -0.2) is 19.3 Å². The van der Waals surface area contributed by atoms with E-state index in [9.17, 15) is 0 Å². The summed E-state index contributed by atoms with van der Waals surface area (Å²) in [6, 6.07) is 0. The summed E-state index contributed by atoms with van der Waals surface area (Å²) < 4.78 is 3.89. The fourth-order valence-electron chi connectivity index (χ4n) is 2.31. The van der Waals surface area contributed by atoms with Crippen LogP contribution < -0.4 is 5.73 Å². The van der Waals surface area contributed by atoms with Gasteiger partial charge in [0.15, 0.2) is 0 Å². The SMILES string of the molecule is CCCc1nc(-c2cn(C)nc2C)c(N)n1CC. The molecule has 0 spiro atoms. The highest BCUT2D eigenvalue weighted by Gasteiger charge is 2.17. The number of nitrogen functional groups attached to an aromatic ring is 1. The number of aromatic nitrogens is 4. The van der Waals surface area contributed by atoms with E-state index in [-0.39, 0.29) is 0 Å². The lowest BCUT2D eigenvalue weighted by Crippen LogP contribution is -2.05. The molecule has 0 unspecified atom stereocenters. The molecular weight excluding hydrogens is 226 g/mol. The molecule has 5 nitrogen and oxygen atoms in total. The van der Waals surface area contributed by atoms with E-state index in [1.54, 1.807) is 4.68 Å². The molecule has 0 saturated heterocycles. The fraction of sp³-hybridized carbons (Fsp3) is 0.538. The number of hydrogen-bond acceptors (Lipinski definition) is 3. The summed E-state index contributed by atoms with van der Waals surface area (Å²) in [5.74, 6) is 1.81. The average molecular weight is 247 g/mol. The molecule has 0 atom stereocenters. The van der Waals surface area contributed by atoms with Crippen LogP contribution in [0.25, 0.3) is 11.3 Å². The number of anilines is 1.